The molecule has 2 heterocycles. The minimum absolute atomic E-state index is 0.00125. The maximum atomic E-state index is 14.6. The molecule has 2 aromatic heterocycles. The highest BCUT2D eigenvalue weighted by molar-refractivity contribution is 7.21. The van der Waals surface area contributed by atoms with Gasteiger partial charge in [0.05, 0.1) is 15.1 Å². The van der Waals surface area contributed by atoms with E-state index in [9.17, 15) is 13.6 Å². The van der Waals surface area contributed by atoms with Crippen LogP contribution in [0, 0.1) is 18.6 Å². The van der Waals surface area contributed by atoms with E-state index in [0.29, 0.717) is 12.6 Å². The van der Waals surface area contributed by atoms with Crippen LogP contribution in [-0.2, 0) is 6.54 Å². The average Bonchev–Trinajstić information content (AvgIpc) is 3.29. The zero-order valence-electron chi connectivity index (χ0n) is 21.7. The summed E-state index contributed by atoms with van der Waals surface area (Å²) in [5.41, 5.74) is 4.18. The van der Waals surface area contributed by atoms with Crippen molar-refractivity contribution in [2.75, 3.05) is 14.1 Å². The molecule has 2 aromatic carbocycles. The largest absolute Gasteiger partial charge is 0.331 e. The van der Waals surface area contributed by atoms with Gasteiger partial charge in [0.15, 0.2) is 0 Å². The van der Waals surface area contributed by atoms with Gasteiger partial charge in [0.25, 0.3) is 5.91 Å². The maximum absolute atomic E-state index is 14.6. The Morgan fingerprint density at radius 1 is 0.974 bits per heavy atom. The molecule has 1 saturated carbocycles. The van der Waals surface area contributed by atoms with E-state index < -0.39 is 11.6 Å². The average molecular weight is 554 g/mol. The van der Waals surface area contributed by atoms with E-state index in [2.05, 4.69) is 42.2 Å². The molecule has 1 fully saturated rings. The molecule has 0 N–H and O–H groups in total. The van der Waals surface area contributed by atoms with Crippen LogP contribution in [-0.4, -0.2) is 46.9 Å². The van der Waals surface area contributed by atoms with Crippen LogP contribution >= 0.6 is 22.9 Å². The third-order valence-electron chi connectivity index (χ3n) is 7.68. The van der Waals surface area contributed by atoms with Gasteiger partial charge < -0.3 is 9.80 Å². The first-order valence-electron chi connectivity index (χ1n) is 12.8. The molecule has 8 heteroatoms. The zero-order chi connectivity index (χ0) is 27.0. The second-order valence-electron chi connectivity index (χ2n) is 10.2. The number of amides is 1. The number of aromatic nitrogens is 1. The monoisotopic (exact) mass is 553 g/mol. The molecule has 0 unspecified atom stereocenters. The number of halogens is 3. The molecule has 4 nitrogen and oxygen atoms in total. The summed E-state index contributed by atoms with van der Waals surface area (Å²) in [5.74, 6) is -1.48. The summed E-state index contributed by atoms with van der Waals surface area (Å²) in [6.45, 7) is 2.42. The van der Waals surface area contributed by atoms with Gasteiger partial charge in [0.2, 0.25) is 0 Å². The van der Waals surface area contributed by atoms with Crippen molar-refractivity contribution in [2.45, 2.75) is 51.2 Å². The van der Waals surface area contributed by atoms with E-state index in [1.165, 1.54) is 0 Å². The van der Waals surface area contributed by atoms with Crippen LogP contribution < -0.4 is 0 Å². The van der Waals surface area contributed by atoms with E-state index in [1.807, 2.05) is 24.0 Å². The Kier molecular flexibility index (Phi) is 7.80. The molecule has 5 rings (SSSR count). The van der Waals surface area contributed by atoms with Crippen LogP contribution in [0.25, 0.3) is 21.2 Å². The number of carbonyl (C=O) groups is 1. The lowest BCUT2D eigenvalue weighted by Gasteiger charge is -2.39. The van der Waals surface area contributed by atoms with Gasteiger partial charge in [-0.15, -0.1) is 11.3 Å². The molecule has 0 spiro atoms. The van der Waals surface area contributed by atoms with Crippen molar-refractivity contribution in [3.8, 4) is 11.1 Å². The third kappa shape index (κ3) is 5.20. The summed E-state index contributed by atoms with van der Waals surface area (Å²) in [6.07, 6.45) is 7.17. The summed E-state index contributed by atoms with van der Waals surface area (Å²) in [5, 5.41) is -0.0339. The summed E-state index contributed by atoms with van der Waals surface area (Å²) in [4.78, 5) is 22.5. The topological polar surface area (TPSA) is 36.4 Å². The Hall–Kier alpha value is -2.87. The quantitative estimate of drug-likeness (QED) is 0.245. The highest BCUT2D eigenvalue weighted by Crippen LogP contribution is 2.40. The first-order chi connectivity index (χ1) is 18.2. The molecule has 0 radical (unpaired) electrons. The third-order valence-corrected chi connectivity index (χ3v) is 9.35. The van der Waals surface area contributed by atoms with Gasteiger partial charge in [0, 0.05) is 31.0 Å². The molecular weight excluding hydrogens is 524 g/mol. The minimum Gasteiger partial charge on any atom is -0.331 e. The number of nitrogens with zero attached hydrogens (tertiary/aromatic N) is 3. The molecule has 0 bridgehead atoms. The molecule has 38 heavy (non-hydrogen) atoms. The van der Waals surface area contributed by atoms with Gasteiger partial charge in [-0.05, 0) is 99.3 Å². The second-order valence-corrected chi connectivity index (χ2v) is 11.6. The standard InChI is InChI=1S/C30H30ClF2N3OS/c1-18-4-5-20(19-12-14-34-15-13-19)16-21(18)17-36(23-8-6-22(7-9-23)35(2)3)30(37)29-27(31)26-24(32)10-11-25(33)28(26)38-29/h4-5,10-16,22-23H,6-9,17H2,1-3H3. The van der Waals surface area contributed by atoms with Crippen LogP contribution in [0.2, 0.25) is 5.02 Å². The van der Waals surface area contributed by atoms with E-state index in [1.54, 1.807) is 12.4 Å². The van der Waals surface area contributed by atoms with Crippen LogP contribution in [0.15, 0.2) is 54.9 Å². The van der Waals surface area contributed by atoms with E-state index in [0.717, 1.165) is 71.4 Å². The van der Waals surface area contributed by atoms with Crippen molar-refractivity contribution in [1.29, 1.82) is 0 Å². The first-order valence-corrected chi connectivity index (χ1v) is 14.0. The Bertz CT molecular complexity index is 1470. The fourth-order valence-electron chi connectivity index (χ4n) is 5.37. The molecule has 198 valence electrons. The highest BCUT2D eigenvalue weighted by atomic mass is 35.5. The smallest absolute Gasteiger partial charge is 0.266 e. The molecule has 1 amide bonds. The van der Waals surface area contributed by atoms with Crippen molar-refractivity contribution in [3.05, 3.63) is 87.5 Å². The lowest BCUT2D eigenvalue weighted by molar-refractivity contribution is 0.0574. The molecular formula is C30H30ClF2N3OS. The lowest BCUT2D eigenvalue weighted by Crippen LogP contribution is -2.44. The summed E-state index contributed by atoms with van der Waals surface area (Å²) in [6, 6.07) is 12.8. The number of fused-ring (bicyclic) bond motifs is 1. The van der Waals surface area contributed by atoms with Gasteiger partial charge >= 0.3 is 0 Å². The van der Waals surface area contributed by atoms with Gasteiger partial charge in [-0.25, -0.2) is 8.78 Å². The summed E-state index contributed by atoms with van der Waals surface area (Å²) >= 11 is 7.49. The number of hydrogen-bond acceptors (Lipinski definition) is 4. The van der Waals surface area contributed by atoms with Crippen molar-refractivity contribution < 1.29 is 13.6 Å². The van der Waals surface area contributed by atoms with Gasteiger partial charge in [0.1, 0.15) is 16.5 Å². The number of aryl methyl sites for hydroxylation is 1. The van der Waals surface area contributed by atoms with Crippen molar-refractivity contribution in [1.82, 2.24) is 14.8 Å². The number of carbonyl (C=O) groups excluding carboxylic acids is 1. The minimum atomic E-state index is -0.624. The SMILES string of the molecule is Cc1ccc(-c2ccncc2)cc1CN(C(=O)c1sc2c(F)ccc(F)c2c1Cl)C1CCC(N(C)C)CC1. The molecule has 0 aliphatic heterocycles. The van der Waals surface area contributed by atoms with Crippen LogP contribution in [0.3, 0.4) is 0 Å². The van der Waals surface area contributed by atoms with E-state index >= 15 is 0 Å². The Labute approximate surface area is 230 Å². The molecule has 4 aromatic rings. The highest BCUT2D eigenvalue weighted by Gasteiger charge is 2.33. The summed E-state index contributed by atoms with van der Waals surface area (Å²) < 4.78 is 29.2. The Morgan fingerprint density at radius 2 is 1.63 bits per heavy atom. The van der Waals surface area contributed by atoms with Crippen LogP contribution in [0.1, 0.15) is 46.5 Å². The number of thiophene rings is 1. The normalized spacial score (nSPS) is 17.8. The van der Waals surface area contributed by atoms with Crippen molar-refractivity contribution >= 4 is 38.9 Å². The predicted octanol–water partition coefficient (Wildman–Crippen LogP) is 7.72. The Morgan fingerprint density at radius 3 is 2.29 bits per heavy atom. The van der Waals surface area contributed by atoms with E-state index in [4.69, 9.17) is 11.6 Å². The van der Waals surface area contributed by atoms with Gasteiger partial charge in [-0.3, -0.25) is 9.78 Å². The molecule has 0 saturated heterocycles. The Balaban J connectivity index is 1.53. The van der Waals surface area contributed by atoms with Crippen molar-refractivity contribution in [2.24, 2.45) is 0 Å². The van der Waals surface area contributed by atoms with E-state index in [-0.39, 0.29) is 31.9 Å². The fourth-order valence-corrected chi connectivity index (χ4v) is 6.87. The summed E-state index contributed by atoms with van der Waals surface area (Å²) in [7, 11) is 4.17. The first kappa shape index (κ1) is 26.7. The lowest BCUT2D eigenvalue weighted by atomic mass is 9.89. The second kappa shape index (κ2) is 11.1. The number of rotatable bonds is 6. The molecule has 1 aliphatic rings. The number of pyridine rings is 1. The number of hydrogen-bond donors (Lipinski definition) is 0. The predicted molar refractivity (Wildman–Crippen MR) is 151 cm³/mol. The zero-order valence-corrected chi connectivity index (χ0v) is 23.3. The van der Waals surface area contributed by atoms with Crippen molar-refractivity contribution in [3.63, 3.8) is 0 Å². The van der Waals surface area contributed by atoms with Gasteiger partial charge in [-0.1, -0.05) is 23.7 Å². The molecule has 1 aliphatic carbocycles. The van der Waals surface area contributed by atoms with Gasteiger partial charge in [-0.2, -0.15) is 0 Å². The molecule has 0 atom stereocenters. The fraction of sp³-hybridized carbons (Fsp3) is 0.333. The maximum Gasteiger partial charge on any atom is 0.266 e. The van der Waals surface area contributed by atoms with Crippen LogP contribution in [0.4, 0.5) is 8.78 Å². The van der Waals surface area contributed by atoms with Crippen LogP contribution in [0.5, 0.6) is 0 Å². The number of benzene rings is 2.